The van der Waals surface area contributed by atoms with Gasteiger partial charge in [0.2, 0.25) is 0 Å². The second-order valence-electron chi connectivity index (χ2n) is 14.6. The first-order valence-corrected chi connectivity index (χ1v) is 15.7. The molecule has 1 saturated heterocycles. The first kappa shape index (κ1) is 32.4. The van der Waals surface area contributed by atoms with Gasteiger partial charge in [0.25, 0.3) is 5.89 Å². The number of urea groups is 1. The van der Waals surface area contributed by atoms with Crippen molar-refractivity contribution in [2.24, 2.45) is 5.41 Å². The van der Waals surface area contributed by atoms with Gasteiger partial charge in [-0.2, -0.15) is 18.2 Å². The van der Waals surface area contributed by atoms with Crippen LogP contribution in [0.15, 0.2) is 53.1 Å². The molecule has 12 heteroatoms. The summed E-state index contributed by atoms with van der Waals surface area (Å²) in [7, 11) is 0. The summed E-state index contributed by atoms with van der Waals surface area (Å²) in [6, 6.07) is 14.2. The number of nitrogens with zero attached hydrogens (tertiary/aromatic N) is 4. The first-order valence-electron chi connectivity index (χ1n) is 15.7. The lowest BCUT2D eigenvalue weighted by Crippen LogP contribution is -2.72. The van der Waals surface area contributed by atoms with Gasteiger partial charge in [-0.15, -0.1) is 0 Å². The molecule has 7 rings (SSSR count). The summed E-state index contributed by atoms with van der Waals surface area (Å²) in [5.41, 5.74) is -3.38. The lowest BCUT2D eigenvalue weighted by atomic mass is 9.53. The van der Waals surface area contributed by atoms with Gasteiger partial charge in [-0.3, -0.25) is 4.90 Å². The van der Waals surface area contributed by atoms with E-state index < -0.39 is 42.2 Å². The number of β-amino-alcohol motifs (C(OH)–C–C–N with tert-alkyl or cyclic N) is 1. The quantitative estimate of drug-likeness (QED) is 0.269. The zero-order valence-electron chi connectivity index (χ0n) is 26.5. The Morgan fingerprint density at radius 2 is 1.54 bits per heavy atom. The SMILES string of the molecule is CC(C)(O)c1ccc(-c2cccc(N(CC34CCC(c5noc(C(C)(C)F)n5)(CC3)CC4)C(=O)N3CC(O)(C(F)(F)F)C3)c2)cc1. The van der Waals surface area contributed by atoms with E-state index >= 15 is 0 Å². The van der Waals surface area contributed by atoms with Gasteiger partial charge in [0.1, 0.15) is 0 Å². The largest absolute Gasteiger partial charge is 0.420 e. The Labute approximate surface area is 265 Å². The number of hydrogen-bond donors (Lipinski definition) is 2. The Morgan fingerprint density at radius 3 is 2.07 bits per heavy atom. The normalized spacial score (nSPS) is 24.5. The van der Waals surface area contributed by atoms with E-state index in [-0.39, 0.29) is 16.7 Å². The summed E-state index contributed by atoms with van der Waals surface area (Å²) >= 11 is 0. The molecule has 2 bridgehead atoms. The molecule has 2 aromatic carbocycles. The molecule has 0 unspecified atom stereocenters. The Hall–Kier alpha value is -3.51. The highest BCUT2D eigenvalue weighted by Gasteiger charge is 2.63. The summed E-state index contributed by atoms with van der Waals surface area (Å²) in [6.45, 7) is 4.77. The summed E-state index contributed by atoms with van der Waals surface area (Å²) in [4.78, 5) is 21.0. The molecule has 3 saturated carbocycles. The molecule has 4 fully saturated rings. The lowest BCUT2D eigenvalue weighted by molar-refractivity contribution is -0.293. The number of fused-ring (bicyclic) bond motifs is 3. The molecule has 1 aliphatic heterocycles. The molecule has 2 N–H and O–H groups in total. The van der Waals surface area contributed by atoms with Crippen LogP contribution in [-0.4, -0.2) is 62.7 Å². The number of likely N-dealkylation sites (tertiary alicyclic amines) is 1. The number of aliphatic hydroxyl groups is 2. The van der Waals surface area contributed by atoms with Crippen molar-refractivity contribution in [2.75, 3.05) is 24.5 Å². The fourth-order valence-electron chi connectivity index (χ4n) is 7.12. The average molecular weight is 645 g/mol. The Kier molecular flexibility index (Phi) is 7.59. The van der Waals surface area contributed by atoms with Crippen LogP contribution in [0.3, 0.4) is 0 Å². The number of amides is 2. The first-order chi connectivity index (χ1) is 21.3. The van der Waals surface area contributed by atoms with Crippen molar-refractivity contribution in [3.05, 3.63) is 65.8 Å². The van der Waals surface area contributed by atoms with Crippen LogP contribution < -0.4 is 4.90 Å². The Balaban J connectivity index is 1.27. The third kappa shape index (κ3) is 5.78. The van der Waals surface area contributed by atoms with Crippen molar-refractivity contribution in [1.29, 1.82) is 0 Å². The molecular formula is C34H40F4N4O4. The number of benzene rings is 2. The maximum atomic E-state index is 14.5. The average Bonchev–Trinajstić information content (AvgIpc) is 3.51. The van der Waals surface area contributed by atoms with Crippen molar-refractivity contribution in [3.8, 4) is 11.1 Å². The molecule has 3 aromatic rings. The van der Waals surface area contributed by atoms with Crippen molar-refractivity contribution in [1.82, 2.24) is 15.0 Å². The predicted molar refractivity (Wildman–Crippen MR) is 163 cm³/mol. The maximum Gasteiger partial charge on any atom is 0.420 e. The van der Waals surface area contributed by atoms with E-state index in [9.17, 15) is 32.6 Å². The van der Waals surface area contributed by atoms with Gasteiger partial charge >= 0.3 is 12.2 Å². The highest BCUT2D eigenvalue weighted by molar-refractivity contribution is 5.93. The molecule has 2 heterocycles. The third-order valence-electron chi connectivity index (χ3n) is 10.3. The minimum absolute atomic E-state index is 0.0565. The van der Waals surface area contributed by atoms with Crippen molar-refractivity contribution >= 4 is 11.7 Å². The number of halogens is 4. The van der Waals surface area contributed by atoms with Gasteiger partial charge < -0.3 is 19.6 Å². The number of hydrogen-bond acceptors (Lipinski definition) is 6. The molecule has 46 heavy (non-hydrogen) atoms. The topological polar surface area (TPSA) is 103 Å². The molecule has 8 nitrogen and oxygen atoms in total. The Bertz CT molecular complexity index is 1580. The van der Waals surface area contributed by atoms with E-state index in [4.69, 9.17) is 4.52 Å². The van der Waals surface area contributed by atoms with Crippen LogP contribution in [0.2, 0.25) is 0 Å². The molecule has 1 aromatic heterocycles. The van der Waals surface area contributed by atoms with Crippen LogP contribution in [0.1, 0.15) is 83.5 Å². The number of aromatic nitrogens is 2. The van der Waals surface area contributed by atoms with E-state index in [1.165, 1.54) is 13.8 Å². The smallest absolute Gasteiger partial charge is 0.386 e. The number of alkyl halides is 4. The van der Waals surface area contributed by atoms with Crippen LogP contribution in [0, 0.1) is 5.41 Å². The van der Waals surface area contributed by atoms with Gasteiger partial charge in [0, 0.05) is 17.6 Å². The molecule has 248 valence electrons. The molecule has 0 spiro atoms. The van der Waals surface area contributed by atoms with Crippen LogP contribution in [-0.2, 0) is 16.7 Å². The third-order valence-corrected chi connectivity index (χ3v) is 10.3. The van der Waals surface area contributed by atoms with Gasteiger partial charge in [0.15, 0.2) is 17.1 Å². The second-order valence-corrected chi connectivity index (χ2v) is 14.6. The molecular weight excluding hydrogens is 604 g/mol. The van der Waals surface area contributed by atoms with Crippen LogP contribution in [0.5, 0.6) is 0 Å². The van der Waals surface area contributed by atoms with E-state index in [0.717, 1.165) is 40.9 Å². The monoisotopic (exact) mass is 644 g/mol. The van der Waals surface area contributed by atoms with Gasteiger partial charge in [-0.25, -0.2) is 9.18 Å². The van der Waals surface area contributed by atoms with Crippen LogP contribution >= 0.6 is 0 Å². The number of anilines is 1. The van der Waals surface area contributed by atoms with E-state index in [1.807, 2.05) is 42.5 Å². The number of carbonyl (C=O) groups excluding carboxylic acids is 1. The van der Waals surface area contributed by atoms with Crippen molar-refractivity contribution < 1.29 is 37.1 Å². The summed E-state index contributed by atoms with van der Waals surface area (Å²) in [6.07, 6.45) is -0.521. The second kappa shape index (κ2) is 10.8. The molecule has 2 amide bonds. The van der Waals surface area contributed by atoms with Crippen molar-refractivity contribution in [2.45, 2.75) is 94.7 Å². The molecule has 0 radical (unpaired) electrons. The van der Waals surface area contributed by atoms with Gasteiger partial charge in [-0.05, 0) is 100 Å². The minimum atomic E-state index is -4.84. The van der Waals surface area contributed by atoms with Crippen LogP contribution in [0.4, 0.5) is 28.0 Å². The zero-order chi connectivity index (χ0) is 33.3. The maximum absolute atomic E-state index is 14.5. The molecule has 3 aliphatic carbocycles. The highest BCUT2D eigenvalue weighted by atomic mass is 19.4. The summed E-state index contributed by atoms with van der Waals surface area (Å²) in [5.74, 6) is 0.448. The highest BCUT2D eigenvalue weighted by Crippen LogP contribution is 2.58. The predicted octanol–water partition coefficient (Wildman–Crippen LogP) is 7.00. The summed E-state index contributed by atoms with van der Waals surface area (Å²) in [5, 5.41) is 24.6. The van der Waals surface area contributed by atoms with Gasteiger partial charge in [-0.1, -0.05) is 41.6 Å². The summed E-state index contributed by atoms with van der Waals surface area (Å²) < 4.78 is 60.1. The number of rotatable bonds is 7. The molecule has 4 aliphatic rings. The van der Waals surface area contributed by atoms with E-state index in [0.29, 0.717) is 37.3 Å². The lowest BCUT2D eigenvalue weighted by Gasteiger charge is -2.54. The van der Waals surface area contributed by atoms with E-state index in [1.54, 1.807) is 24.8 Å². The fourth-order valence-corrected chi connectivity index (χ4v) is 7.12. The number of carbonyl (C=O) groups is 1. The van der Waals surface area contributed by atoms with Gasteiger partial charge in [0.05, 0.1) is 18.7 Å². The van der Waals surface area contributed by atoms with Crippen LogP contribution in [0.25, 0.3) is 11.1 Å². The fraction of sp³-hybridized carbons (Fsp3) is 0.559. The van der Waals surface area contributed by atoms with Crippen molar-refractivity contribution in [3.63, 3.8) is 0 Å². The zero-order valence-corrected chi connectivity index (χ0v) is 26.5. The van der Waals surface area contributed by atoms with E-state index in [2.05, 4.69) is 10.1 Å². The Morgan fingerprint density at radius 1 is 0.935 bits per heavy atom. The minimum Gasteiger partial charge on any atom is -0.386 e. The molecule has 0 atom stereocenters. The standard InChI is InChI=1S/C34H40F4N4O4/c1-29(2,35)27-39-26(40-46-27)32-15-12-31(13-16-32,14-17-32)19-42(28(43)41-20-33(45,21-41)34(36,37)38)25-7-5-6-23(18-25)22-8-10-24(11-9-22)30(3,4)44/h5-11,18,44-45H,12-17,19-21H2,1-4H3.